The molecular weight excluding hydrogens is 328 g/mol. The van der Waals surface area contributed by atoms with Crippen molar-refractivity contribution in [2.75, 3.05) is 5.32 Å². The van der Waals surface area contributed by atoms with E-state index in [-0.39, 0.29) is 17.9 Å². The second-order valence-electron chi connectivity index (χ2n) is 7.42. The maximum Gasteiger partial charge on any atom is 0.291 e. The minimum absolute atomic E-state index is 0.149. The summed E-state index contributed by atoms with van der Waals surface area (Å²) in [4.78, 5) is 29.8. The number of fused-ring (bicyclic) bond motifs is 1. The smallest absolute Gasteiger partial charge is 0.291 e. The highest BCUT2D eigenvalue weighted by Crippen LogP contribution is 2.24. The van der Waals surface area contributed by atoms with Crippen molar-refractivity contribution in [3.05, 3.63) is 46.5 Å². The second kappa shape index (κ2) is 6.59. The average molecular weight is 352 g/mol. The van der Waals surface area contributed by atoms with Gasteiger partial charge in [0.15, 0.2) is 5.82 Å². The van der Waals surface area contributed by atoms with Crippen LogP contribution in [0.4, 0.5) is 5.69 Å². The summed E-state index contributed by atoms with van der Waals surface area (Å²) in [5.74, 6) is -0.0768. The number of imidazole rings is 1. The number of rotatable bonds is 4. The molecule has 2 heterocycles. The summed E-state index contributed by atoms with van der Waals surface area (Å²) in [6.45, 7) is 4.73. The standard InChI is InChI=1S/C20H24N4O2/c1-12-9-13(2)11-15(10-12)22-20(26)18-23-17(19(25)21-14-6-7-14)16-5-3-4-8-24(16)18/h9-11,14H,3-8H2,1-2H3,(H,21,25)(H,22,26). The Balaban J connectivity index is 1.63. The molecule has 136 valence electrons. The lowest BCUT2D eigenvalue weighted by Crippen LogP contribution is -2.27. The Morgan fingerprint density at radius 2 is 1.81 bits per heavy atom. The molecule has 1 fully saturated rings. The molecule has 2 amide bonds. The van der Waals surface area contributed by atoms with Gasteiger partial charge in [0, 0.05) is 18.3 Å². The molecule has 0 atom stereocenters. The molecule has 1 aliphatic carbocycles. The lowest BCUT2D eigenvalue weighted by Gasteiger charge is -2.17. The number of nitrogens with zero attached hydrogens (tertiary/aromatic N) is 2. The molecule has 1 saturated carbocycles. The summed E-state index contributed by atoms with van der Waals surface area (Å²) in [5, 5.41) is 5.93. The van der Waals surface area contributed by atoms with Gasteiger partial charge in [-0.15, -0.1) is 0 Å². The molecule has 2 aliphatic rings. The first kappa shape index (κ1) is 16.8. The zero-order chi connectivity index (χ0) is 18.3. The molecule has 1 aliphatic heterocycles. The van der Waals surface area contributed by atoms with Crippen LogP contribution in [0.3, 0.4) is 0 Å². The molecule has 0 unspecified atom stereocenters. The highest BCUT2D eigenvalue weighted by molar-refractivity contribution is 6.03. The first-order valence-electron chi connectivity index (χ1n) is 9.31. The monoisotopic (exact) mass is 352 g/mol. The van der Waals surface area contributed by atoms with Crippen molar-refractivity contribution in [1.82, 2.24) is 14.9 Å². The Labute approximate surface area is 153 Å². The van der Waals surface area contributed by atoms with E-state index in [0.717, 1.165) is 61.2 Å². The van der Waals surface area contributed by atoms with Crippen LogP contribution in [0.15, 0.2) is 18.2 Å². The van der Waals surface area contributed by atoms with Crippen molar-refractivity contribution < 1.29 is 9.59 Å². The third-order valence-corrected chi connectivity index (χ3v) is 4.93. The fourth-order valence-electron chi connectivity index (χ4n) is 3.61. The number of carbonyl (C=O) groups excluding carboxylic acids is 2. The summed E-state index contributed by atoms with van der Waals surface area (Å²) in [5.41, 5.74) is 4.25. The molecule has 0 radical (unpaired) electrons. The van der Waals surface area contributed by atoms with E-state index in [4.69, 9.17) is 0 Å². The highest BCUT2D eigenvalue weighted by Gasteiger charge is 2.30. The van der Waals surface area contributed by atoms with Gasteiger partial charge in [0.2, 0.25) is 0 Å². The minimum atomic E-state index is -0.261. The molecule has 1 aromatic heterocycles. The van der Waals surface area contributed by atoms with E-state index in [0.29, 0.717) is 11.5 Å². The largest absolute Gasteiger partial charge is 0.348 e. The molecule has 2 N–H and O–H groups in total. The molecule has 6 nitrogen and oxygen atoms in total. The maximum atomic E-state index is 12.9. The third-order valence-electron chi connectivity index (χ3n) is 4.93. The number of carbonyl (C=O) groups is 2. The summed E-state index contributed by atoms with van der Waals surface area (Å²) in [6, 6.07) is 6.21. The second-order valence-corrected chi connectivity index (χ2v) is 7.42. The fourth-order valence-corrected chi connectivity index (χ4v) is 3.61. The Kier molecular flexibility index (Phi) is 4.26. The van der Waals surface area contributed by atoms with Crippen molar-refractivity contribution in [2.45, 2.75) is 58.5 Å². The summed E-state index contributed by atoms with van der Waals surface area (Å²) < 4.78 is 1.92. The molecule has 0 bridgehead atoms. The molecule has 2 aromatic rings. The Hall–Kier alpha value is -2.63. The zero-order valence-electron chi connectivity index (χ0n) is 15.3. The van der Waals surface area contributed by atoms with Gasteiger partial charge in [-0.2, -0.15) is 0 Å². The van der Waals surface area contributed by atoms with Gasteiger partial charge in [0.25, 0.3) is 11.8 Å². The van der Waals surface area contributed by atoms with E-state index in [1.54, 1.807) is 0 Å². The summed E-state index contributed by atoms with van der Waals surface area (Å²) >= 11 is 0. The lowest BCUT2D eigenvalue weighted by atomic mass is 10.1. The van der Waals surface area contributed by atoms with Crippen LogP contribution in [0.5, 0.6) is 0 Å². The Morgan fingerprint density at radius 3 is 2.50 bits per heavy atom. The van der Waals surface area contributed by atoms with E-state index in [9.17, 15) is 9.59 Å². The predicted octanol–water partition coefficient (Wildman–Crippen LogP) is 2.98. The van der Waals surface area contributed by atoms with E-state index in [2.05, 4.69) is 21.7 Å². The van der Waals surface area contributed by atoms with E-state index < -0.39 is 0 Å². The van der Waals surface area contributed by atoms with E-state index in [1.165, 1.54) is 0 Å². The van der Waals surface area contributed by atoms with Crippen molar-refractivity contribution in [1.29, 1.82) is 0 Å². The average Bonchev–Trinajstić information content (AvgIpc) is 3.31. The number of anilines is 1. The minimum Gasteiger partial charge on any atom is -0.348 e. The number of nitrogens with one attached hydrogen (secondary N) is 2. The van der Waals surface area contributed by atoms with Crippen LogP contribution in [-0.2, 0) is 13.0 Å². The SMILES string of the molecule is Cc1cc(C)cc(NC(=O)c2nc(C(=O)NC3CC3)c3n2CCCC3)c1. The van der Waals surface area contributed by atoms with Crippen LogP contribution in [0.1, 0.15) is 63.6 Å². The van der Waals surface area contributed by atoms with E-state index >= 15 is 0 Å². The van der Waals surface area contributed by atoms with Crippen LogP contribution in [0, 0.1) is 13.8 Å². The molecule has 0 saturated heterocycles. The van der Waals surface area contributed by atoms with Crippen molar-refractivity contribution >= 4 is 17.5 Å². The predicted molar refractivity (Wildman–Crippen MR) is 99.5 cm³/mol. The van der Waals surface area contributed by atoms with Gasteiger partial charge in [-0.3, -0.25) is 9.59 Å². The summed E-state index contributed by atoms with van der Waals surface area (Å²) in [7, 11) is 0. The molecule has 4 rings (SSSR count). The van der Waals surface area contributed by atoms with Crippen molar-refractivity contribution in [2.24, 2.45) is 0 Å². The van der Waals surface area contributed by atoms with Gasteiger partial charge in [-0.1, -0.05) is 6.07 Å². The van der Waals surface area contributed by atoms with Crippen molar-refractivity contribution in [3.8, 4) is 0 Å². The van der Waals surface area contributed by atoms with Gasteiger partial charge < -0.3 is 15.2 Å². The number of hydrogen-bond donors (Lipinski definition) is 2. The number of aryl methyl sites for hydroxylation is 2. The Morgan fingerprint density at radius 1 is 1.08 bits per heavy atom. The maximum absolute atomic E-state index is 12.9. The third kappa shape index (κ3) is 3.36. The number of benzene rings is 1. The zero-order valence-corrected chi connectivity index (χ0v) is 15.3. The normalized spacial score (nSPS) is 16.1. The topological polar surface area (TPSA) is 76.0 Å². The highest BCUT2D eigenvalue weighted by atomic mass is 16.2. The van der Waals surface area contributed by atoms with Gasteiger partial charge in [-0.25, -0.2) is 4.98 Å². The first-order chi connectivity index (χ1) is 12.5. The number of amides is 2. The fraction of sp³-hybridized carbons (Fsp3) is 0.450. The van der Waals surface area contributed by atoms with Crippen LogP contribution in [-0.4, -0.2) is 27.4 Å². The van der Waals surface area contributed by atoms with Crippen LogP contribution >= 0.6 is 0 Å². The van der Waals surface area contributed by atoms with Gasteiger partial charge in [0.1, 0.15) is 5.69 Å². The van der Waals surface area contributed by atoms with Crippen LogP contribution in [0.25, 0.3) is 0 Å². The van der Waals surface area contributed by atoms with E-state index in [1.807, 2.05) is 30.5 Å². The number of hydrogen-bond acceptors (Lipinski definition) is 3. The van der Waals surface area contributed by atoms with Gasteiger partial charge in [0.05, 0.1) is 5.69 Å². The molecule has 0 spiro atoms. The van der Waals surface area contributed by atoms with Crippen molar-refractivity contribution in [3.63, 3.8) is 0 Å². The molecular formula is C20H24N4O2. The van der Waals surface area contributed by atoms with Gasteiger partial charge in [-0.05, 0) is 69.2 Å². The van der Waals surface area contributed by atoms with Gasteiger partial charge >= 0.3 is 0 Å². The Bertz CT molecular complexity index is 860. The molecule has 26 heavy (non-hydrogen) atoms. The first-order valence-corrected chi connectivity index (χ1v) is 9.31. The number of aromatic nitrogens is 2. The van der Waals surface area contributed by atoms with Crippen LogP contribution < -0.4 is 10.6 Å². The quantitative estimate of drug-likeness (QED) is 0.888. The molecule has 1 aromatic carbocycles. The summed E-state index contributed by atoms with van der Waals surface area (Å²) in [6.07, 6.45) is 4.87. The van der Waals surface area contributed by atoms with Crippen LogP contribution in [0.2, 0.25) is 0 Å². The molecule has 6 heteroatoms. The lowest BCUT2D eigenvalue weighted by molar-refractivity contribution is 0.0945.